The van der Waals surface area contributed by atoms with Crippen molar-refractivity contribution in [2.24, 2.45) is 0 Å². The van der Waals surface area contributed by atoms with Crippen molar-refractivity contribution in [3.05, 3.63) is 59.2 Å². The number of nitrogens with zero attached hydrogens (tertiary/aromatic N) is 4. The molecule has 1 N–H and O–H groups in total. The third-order valence-corrected chi connectivity index (χ3v) is 5.12. The van der Waals surface area contributed by atoms with E-state index < -0.39 is 0 Å². The highest BCUT2D eigenvalue weighted by atomic mass is 32.2. The smallest absolute Gasteiger partial charge is 0.234 e. The van der Waals surface area contributed by atoms with Gasteiger partial charge in [0.1, 0.15) is 0 Å². The normalized spacial score (nSPS) is 10.8. The SMILES string of the molecule is CCCc1ccc(NC(=O)CSc2nnnn2-c2c(C)cccc2C)cc1. The number of aromatic nitrogens is 4. The second kappa shape index (κ2) is 8.81. The molecule has 0 saturated heterocycles. The van der Waals surface area contributed by atoms with Crippen molar-refractivity contribution in [1.29, 1.82) is 0 Å². The minimum absolute atomic E-state index is 0.0840. The molecule has 3 aromatic rings. The summed E-state index contributed by atoms with van der Waals surface area (Å²) in [5, 5.41) is 15.5. The minimum Gasteiger partial charge on any atom is -0.325 e. The summed E-state index contributed by atoms with van der Waals surface area (Å²) in [7, 11) is 0. The molecule has 0 aliphatic heterocycles. The van der Waals surface area contributed by atoms with Crippen LogP contribution in [0.5, 0.6) is 0 Å². The molecule has 0 bridgehead atoms. The first-order valence-corrected chi connectivity index (χ1v) is 9.93. The number of para-hydroxylation sites is 1. The number of hydrogen-bond acceptors (Lipinski definition) is 5. The lowest BCUT2D eigenvalue weighted by atomic mass is 10.1. The Morgan fingerprint density at radius 1 is 1.11 bits per heavy atom. The Morgan fingerprint density at radius 2 is 1.81 bits per heavy atom. The van der Waals surface area contributed by atoms with E-state index in [1.807, 2.05) is 56.3 Å². The number of amides is 1. The summed E-state index contributed by atoms with van der Waals surface area (Å²) in [5.41, 5.74) is 5.20. The zero-order valence-electron chi connectivity index (χ0n) is 15.8. The van der Waals surface area contributed by atoms with Crippen LogP contribution in [0.2, 0.25) is 0 Å². The molecule has 0 saturated carbocycles. The average Bonchev–Trinajstić information content (AvgIpc) is 3.10. The zero-order valence-corrected chi connectivity index (χ0v) is 16.6. The minimum atomic E-state index is -0.0840. The summed E-state index contributed by atoms with van der Waals surface area (Å²) in [6.07, 6.45) is 2.16. The van der Waals surface area contributed by atoms with Gasteiger partial charge in [0.2, 0.25) is 11.1 Å². The van der Waals surface area contributed by atoms with Crippen molar-refractivity contribution in [2.45, 2.75) is 38.8 Å². The number of thioether (sulfide) groups is 1. The van der Waals surface area contributed by atoms with Gasteiger partial charge in [-0.1, -0.05) is 55.4 Å². The van der Waals surface area contributed by atoms with E-state index in [-0.39, 0.29) is 11.7 Å². The molecule has 2 aromatic carbocycles. The van der Waals surface area contributed by atoms with Gasteiger partial charge >= 0.3 is 0 Å². The lowest BCUT2D eigenvalue weighted by Gasteiger charge is -2.10. The number of nitrogens with one attached hydrogen (secondary N) is 1. The first-order chi connectivity index (χ1) is 13.1. The van der Waals surface area contributed by atoms with Crippen LogP contribution in [0.1, 0.15) is 30.0 Å². The summed E-state index contributed by atoms with van der Waals surface area (Å²) in [5.74, 6) is 0.154. The number of hydrogen-bond donors (Lipinski definition) is 1. The second-order valence-corrected chi connectivity index (χ2v) is 7.34. The van der Waals surface area contributed by atoms with Crippen molar-refractivity contribution >= 4 is 23.4 Å². The van der Waals surface area contributed by atoms with Crippen LogP contribution in [0.3, 0.4) is 0 Å². The highest BCUT2D eigenvalue weighted by molar-refractivity contribution is 7.99. The average molecular weight is 382 g/mol. The van der Waals surface area contributed by atoms with Gasteiger partial charge in [-0.15, -0.1) is 5.10 Å². The second-order valence-electron chi connectivity index (χ2n) is 6.40. The highest BCUT2D eigenvalue weighted by Gasteiger charge is 2.14. The molecule has 0 atom stereocenters. The maximum Gasteiger partial charge on any atom is 0.234 e. The standard InChI is InChI=1S/C20H23N5OS/c1-4-6-16-9-11-17(12-10-16)21-18(26)13-27-20-22-23-24-25(20)19-14(2)7-5-8-15(19)3/h5,7-12H,4,6,13H2,1-3H3,(H,21,26). The molecule has 1 heterocycles. The molecule has 0 aliphatic carbocycles. The highest BCUT2D eigenvalue weighted by Crippen LogP contribution is 2.23. The summed E-state index contributed by atoms with van der Waals surface area (Å²) in [6.45, 7) is 6.19. The molecule has 0 unspecified atom stereocenters. The van der Waals surface area contributed by atoms with Gasteiger partial charge in [-0.3, -0.25) is 4.79 Å². The van der Waals surface area contributed by atoms with Gasteiger partial charge in [0.25, 0.3) is 0 Å². The summed E-state index contributed by atoms with van der Waals surface area (Å²) >= 11 is 1.32. The molecule has 1 aromatic heterocycles. The number of rotatable bonds is 7. The van der Waals surface area contributed by atoms with E-state index in [1.165, 1.54) is 17.3 Å². The van der Waals surface area contributed by atoms with E-state index in [0.717, 1.165) is 35.3 Å². The van der Waals surface area contributed by atoms with E-state index in [4.69, 9.17) is 0 Å². The van der Waals surface area contributed by atoms with Crippen molar-refractivity contribution in [3.8, 4) is 5.69 Å². The van der Waals surface area contributed by atoms with Gasteiger partial charge in [0.15, 0.2) is 0 Å². The summed E-state index contributed by atoms with van der Waals surface area (Å²) in [4.78, 5) is 12.3. The van der Waals surface area contributed by atoms with Crippen LogP contribution in [0.15, 0.2) is 47.6 Å². The number of carbonyl (C=O) groups is 1. The van der Waals surface area contributed by atoms with E-state index in [9.17, 15) is 4.79 Å². The summed E-state index contributed by atoms with van der Waals surface area (Å²) in [6, 6.07) is 14.0. The molecule has 0 fully saturated rings. The number of tetrazole rings is 1. The van der Waals surface area contributed by atoms with Gasteiger partial charge in [-0.05, 0) is 59.5 Å². The van der Waals surface area contributed by atoms with Gasteiger partial charge < -0.3 is 5.32 Å². The fourth-order valence-corrected chi connectivity index (χ4v) is 3.60. The van der Waals surface area contributed by atoms with Crippen molar-refractivity contribution in [1.82, 2.24) is 20.2 Å². The molecular weight excluding hydrogens is 358 g/mol. The monoisotopic (exact) mass is 381 g/mol. The fourth-order valence-electron chi connectivity index (χ4n) is 2.92. The van der Waals surface area contributed by atoms with Crippen LogP contribution in [-0.2, 0) is 11.2 Å². The van der Waals surface area contributed by atoms with Crippen LogP contribution >= 0.6 is 11.8 Å². The largest absolute Gasteiger partial charge is 0.325 e. The van der Waals surface area contributed by atoms with E-state index in [1.54, 1.807) is 4.68 Å². The molecule has 7 heteroatoms. The van der Waals surface area contributed by atoms with Gasteiger partial charge in [0.05, 0.1) is 11.4 Å². The number of carbonyl (C=O) groups excluding carboxylic acids is 1. The third kappa shape index (κ3) is 4.74. The molecule has 0 aliphatic rings. The molecular formula is C20H23N5OS. The quantitative estimate of drug-likeness (QED) is 0.627. The summed E-state index contributed by atoms with van der Waals surface area (Å²) < 4.78 is 1.70. The maximum absolute atomic E-state index is 12.3. The number of benzene rings is 2. The van der Waals surface area contributed by atoms with Crippen LogP contribution < -0.4 is 5.32 Å². The van der Waals surface area contributed by atoms with Crippen LogP contribution in [-0.4, -0.2) is 31.9 Å². The van der Waals surface area contributed by atoms with Crippen molar-refractivity contribution in [2.75, 3.05) is 11.1 Å². The number of aryl methyl sites for hydroxylation is 3. The first kappa shape index (κ1) is 19.1. The van der Waals surface area contributed by atoms with E-state index in [2.05, 4.69) is 27.8 Å². The molecule has 27 heavy (non-hydrogen) atoms. The Morgan fingerprint density at radius 3 is 2.48 bits per heavy atom. The predicted molar refractivity (Wildman–Crippen MR) is 108 cm³/mol. The Labute approximate surface area is 163 Å². The fraction of sp³-hybridized carbons (Fsp3) is 0.300. The molecule has 3 rings (SSSR count). The maximum atomic E-state index is 12.3. The Balaban J connectivity index is 1.64. The molecule has 1 amide bonds. The molecule has 6 nitrogen and oxygen atoms in total. The molecule has 140 valence electrons. The third-order valence-electron chi connectivity index (χ3n) is 4.20. The van der Waals surface area contributed by atoms with Crippen LogP contribution in [0.4, 0.5) is 5.69 Å². The van der Waals surface area contributed by atoms with E-state index >= 15 is 0 Å². The first-order valence-electron chi connectivity index (χ1n) is 8.95. The Bertz CT molecular complexity index is 900. The van der Waals surface area contributed by atoms with Crippen LogP contribution in [0, 0.1) is 13.8 Å². The predicted octanol–water partition coefficient (Wildman–Crippen LogP) is 3.96. The Hall–Kier alpha value is -2.67. The lowest BCUT2D eigenvalue weighted by molar-refractivity contribution is -0.113. The van der Waals surface area contributed by atoms with Gasteiger partial charge in [-0.2, -0.15) is 4.68 Å². The Kier molecular flexibility index (Phi) is 6.24. The van der Waals surface area contributed by atoms with Crippen LogP contribution in [0.25, 0.3) is 5.69 Å². The zero-order chi connectivity index (χ0) is 19.2. The van der Waals surface area contributed by atoms with Crippen molar-refractivity contribution in [3.63, 3.8) is 0 Å². The molecule has 0 spiro atoms. The van der Waals surface area contributed by atoms with Gasteiger partial charge in [0, 0.05) is 5.69 Å². The topological polar surface area (TPSA) is 72.7 Å². The number of anilines is 1. The lowest BCUT2D eigenvalue weighted by Crippen LogP contribution is -2.14. The van der Waals surface area contributed by atoms with Gasteiger partial charge in [-0.25, -0.2) is 0 Å². The molecule has 0 radical (unpaired) electrons. The van der Waals surface area contributed by atoms with Crippen molar-refractivity contribution < 1.29 is 4.79 Å². The van der Waals surface area contributed by atoms with E-state index in [0.29, 0.717) is 5.16 Å².